The predicted octanol–water partition coefficient (Wildman–Crippen LogP) is 3.27. The maximum absolute atomic E-state index is 12.4. The summed E-state index contributed by atoms with van der Waals surface area (Å²) in [5.74, 6) is 0.543. The molecule has 0 saturated carbocycles. The van der Waals surface area contributed by atoms with Gasteiger partial charge < -0.3 is 10.1 Å². The number of hydrogen-bond donors (Lipinski definition) is 1. The number of rotatable bonds is 5. The Labute approximate surface area is 144 Å². The molecule has 0 fully saturated rings. The topological polar surface area (TPSA) is 68.5 Å². The minimum atomic E-state index is -0.266. The number of imidazole rings is 1. The van der Waals surface area contributed by atoms with Crippen LogP contribution in [0.5, 0.6) is 5.75 Å². The van der Waals surface area contributed by atoms with Crippen molar-refractivity contribution in [1.82, 2.24) is 19.9 Å². The molecule has 1 atom stereocenters. The fraction of sp³-hybridized carbons (Fsp3) is 0.235. The van der Waals surface area contributed by atoms with Gasteiger partial charge in [-0.25, -0.2) is 9.50 Å². The Hall–Kier alpha value is -2.60. The van der Waals surface area contributed by atoms with Crippen molar-refractivity contribution in [2.45, 2.75) is 19.9 Å². The van der Waals surface area contributed by atoms with Crippen LogP contribution in [0.2, 0.25) is 5.15 Å². The fourth-order valence-corrected chi connectivity index (χ4v) is 2.49. The Balaban J connectivity index is 1.72. The number of fused-ring (bicyclic) bond motifs is 1. The summed E-state index contributed by atoms with van der Waals surface area (Å²) in [5.41, 5.74) is 1.84. The molecule has 0 unspecified atom stereocenters. The van der Waals surface area contributed by atoms with Crippen LogP contribution in [-0.4, -0.2) is 27.1 Å². The zero-order chi connectivity index (χ0) is 17.1. The van der Waals surface area contributed by atoms with Crippen molar-refractivity contribution >= 4 is 23.2 Å². The van der Waals surface area contributed by atoms with Gasteiger partial charge in [0.1, 0.15) is 16.6 Å². The first-order valence-electron chi connectivity index (χ1n) is 7.62. The van der Waals surface area contributed by atoms with Crippen LogP contribution in [0, 0.1) is 0 Å². The summed E-state index contributed by atoms with van der Waals surface area (Å²) in [7, 11) is 0. The summed E-state index contributed by atoms with van der Waals surface area (Å²) < 4.78 is 6.90. The number of aromatic nitrogens is 3. The lowest BCUT2D eigenvalue weighted by molar-refractivity contribution is 0.0935. The second-order valence-electron chi connectivity index (χ2n) is 5.28. The Morgan fingerprint density at radius 3 is 2.75 bits per heavy atom. The minimum Gasteiger partial charge on any atom is -0.494 e. The van der Waals surface area contributed by atoms with Crippen LogP contribution >= 0.6 is 11.6 Å². The van der Waals surface area contributed by atoms with Gasteiger partial charge in [0.25, 0.3) is 5.91 Å². The summed E-state index contributed by atoms with van der Waals surface area (Å²) in [6, 6.07) is 10.8. The van der Waals surface area contributed by atoms with Crippen molar-refractivity contribution in [3.8, 4) is 5.75 Å². The van der Waals surface area contributed by atoms with Crippen LogP contribution in [0.25, 0.3) is 5.65 Å². The molecule has 1 aromatic carbocycles. The van der Waals surface area contributed by atoms with Gasteiger partial charge in [-0.2, -0.15) is 5.10 Å². The predicted molar refractivity (Wildman–Crippen MR) is 91.5 cm³/mol. The Kier molecular flexibility index (Phi) is 4.66. The lowest BCUT2D eigenvalue weighted by Crippen LogP contribution is -2.26. The number of nitrogens with zero attached hydrogens (tertiary/aromatic N) is 3. The van der Waals surface area contributed by atoms with Crippen LogP contribution in [0.15, 0.2) is 42.6 Å². The van der Waals surface area contributed by atoms with Gasteiger partial charge in [0.05, 0.1) is 18.8 Å². The SMILES string of the molecule is CCOc1ccc([C@@H](C)NC(=O)c2cn3nc(Cl)ccc3n2)cc1. The normalized spacial score (nSPS) is 12.1. The van der Waals surface area contributed by atoms with Gasteiger partial charge >= 0.3 is 0 Å². The first-order chi connectivity index (χ1) is 11.6. The lowest BCUT2D eigenvalue weighted by Gasteiger charge is -2.14. The zero-order valence-corrected chi connectivity index (χ0v) is 14.1. The number of carbonyl (C=O) groups is 1. The van der Waals surface area contributed by atoms with Crippen LogP contribution in [0.3, 0.4) is 0 Å². The van der Waals surface area contributed by atoms with Crippen molar-refractivity contribution < 1.29 is 9.53 Å². The first kappa shape index (κ1) is 16.3. The average Bonchev–Trinajstić information content (AvgIpc) is 2.99. The number of benzene rings is 1. The van der Waals surface area contributed by atoms with Crippen molar-refractivity contribution in [1.29, 1.82) is 0 Å². The molecule has 0 aliphatic carbocycles. The fourth-order valence-electron chi connectivity index (χ4n) is 2.34. The van der Waals surface area contributed by atoms with Crippen LogP contribution in [-0.2, 0) is 0 Å². The molecule has 3 rings (SSSR count). The third-order valence-electron chi connectivity index (χ3n) is 3.56. The van der Waals surface area contributed by atoms with Crippen LogP contribution in [0.4, 0.5) is 0 Å². The lowest BCUT2D eigenvalue weighted by atomic mass is 10.1. The van der Waals surface area contributed by atoms with E-state index in [1.54, 1.807) is 18.3 Å². The highest BCUT2D eigenvalue weighted by Crippen LogP contribution is 2.18. The highest BCUT2D eigenvalue weighted by atomic mass is 35.5. The summed E-state index contributed by atoms with van der Waals surface area (Å²) in [5, 5.41) is 7.33. The van der Waals surface area contributed by atoms with Gasteiger partial charge in [-0.15, -0.1) is 0 Å². The molecule has 0 radical (unpaired) electrons. The zero-order valence-electron chi connectivity index (χ0n) is 13.4. The van der Waals surface area contributed by atoms with Gasteiger partial charge in [0, 0.05) is 0 Å². The molecular weight excluding hydrogens is 328 g/mol. The van der Waals surface area contributed by atoms with Gasteiger partial charge in [-0.3, -0.25) is 4.79 Å². The summed E-state index contributed by atoms with van der Waals surface area (Å²) in [6.07, 6.45) is 1.56. The molecule has 7 heteroatoms. The van der Waals surface area contributed by atoms with E-state index in [-0.39, 0.29) is 11.9 Å². The largest absolute Gasteiger partial charge is 0.494 e. The highest BCUT2D eigenvalue weighted by molar-refractivity contribution is 6.29. The maximum Gasteiger partial charge on any atom is 0.272 e. The quantitative estimate of drug-likeness (QED) is 0.771. The van der Waals surface area contributed by atoms with Crippen molar-refractivity contribution in [2.75, 3.05) is 6.61 Å². The maximum atomic E-state index is 12.4. The molecule has 0 aliphatic heterocycles. The van der Waals surface area contributed by atoms with Gasteiger partial charge in [0.2, 0.25) is 0 Å². The molecule has 1 N–H and O–H groups in total. The summed E-state index contributed by atoms with van der Waals surface area (Å²) in [6.45, 7) is 4.48. The summed E-state index contributed by atoms with van der Waals surface area (Å²) in [4.78, 5) is 16.6. The standard InChI is InChI=1S/C17H17ClN4O2/c1-3-24-13-6-4-12(5-7-13)11(2)19-17(23)14-10-22-16(20-14)9-8-15(18)21-22/h4-11H,3H2,1-2H3,(H,19,23)/t11-/m1/s1. The molecule has 2 aromatic heterocycles. The van der Waals surface area contributed by atoms with Gasteiger partial charge in [0.15, 0.2) is 5.65 Å². The average molecular weight is 345 g/mol. The van der Waals surface area contributed by atoms with E-state index >= 15 is 0 Å². The first-order valence-corrected chi connectivity index (χ1v) is 8.00. The van der Waals surface area contributed by atoms with E-state index in [0.717, 1.165) is 11.3 Å². The molecule has 2 heterocycles. The van der Waals surface area contributed by atoms with Crippen molar-refractivity contribution in [3.63, 3.8) is 0 Å². The van der Waals surface area contributed by atoms with Gasteiger partial charge in [-0.1, -0.05) is 23.7 Å². The molecule has 124 valence electrons. The molecule has 1 amide bonds. The molecular formula is C17H17ClN4O2. The third kappa shape index (κ3) is 3.49. The Morgan fingerprint density at radius 2 is 2.04 bits per heavy atom. The van der Waals surface area contributed by atoms with Gasteiger partial charge in [-0.05, 0) is 43.7 Å². The number of nitrogens with one attached hydrogen (secondary N) is 1. The van der Waals surface area contributed by atoms with E-state index in [9.17, 15) is 4.79 Å². The van der Waals surface area contributed by atoms with Crippen molar-refractivity contribution in [2.24, 2.45) is 0 Å². The Bertz CT molecular complexity index is 861. The second-order valence-corrected chi connectivity index (χ2v) is 5.67. The van der Waals surface area contributed by atoms with E-state index in [1.165, 1.54) is 4.52 Å². The number of hydrogen-bond acceptors (Lipinski definition) is 4. The number of ether oxygens (including phenoxy) is 1. The molecule has 0 spiro atoms. The number of carbonyl (C=O) groups excluding carboxylic acids is 1. The second kappa shape index (κ2) is 6.88. The highest BCUT2D eigenvalue weighted by Gasteiger charge is 2.15. The Morgan fingerprint density at radius 1 is 1.29 bits per heavy atom. The molecule has 0 aliphatic rings. The molecule has 3 aromatic rings. The van der Waals surface area contributed by atoms with E-state index < -0.39 is 0 Å². The molecule has 0 bridgehead atoms. The van der Waals surface area contributed by atoms with Crippen molar-refractivity contribution in [3.05, 3.63) is 59.0 Å². The van der Waals surface area contributed by atoms with E-state index in [4.69, 9.17) is 16.3 Å². The minimum absolute atomic E-state index is 0.158. The van der Waals surface area contributed by atoms with E-state index in [2.05, 4.69) is 15.4 Å². The van der Waals surface area contributed by atoms with E-state index in [0.29, 0.717) is 23.1 Å². The third-order valence-corrected chi connectivity index (χ3v) is 3.76. The summed E-state index contributed by atoms with van der Waals surface area (Å²) >= 11 is 5.84. The molecule has 24 heavy (non-hydrogen) atoms. The smallest absolute Gasteiger partial charge is 0.272 e. The molecule has 0 saturated heterocycles. The van der Waals surface area contributed by atoms with Crippen LogP contribution in [0.1, 0.15) is 35.9 Å². The molecule has 6 nitrogen and oxygen atoms in total. The number of halogens is 1. The van der Waals surface area contributed by atoms with Crippen LogP contribution < -0.4 is 10.1 Å². The number of amides is 1. The van der Waals surface area contributed by atoms with E-state index in [1.807, 2.05) is 38.1 Å². The monoisotopic (exact) mass is 344 g/mol.